The van der Waals surface area contributed by atoms with Gasteiger partial charge in [-0.2, -0.15) is 0 Å². The number of hydrogen-bond donors (Lipinski definition) is 1. The van der Waals surface area contributed by atoms with Crippen LogP contribution in [0, 0.1) is 6.92 Å². The molecule has 1 heterocycles. The first kappa shape index (κ1) is 19.5. The molecule has 0 radical (unpaired) electrons. The maximum absolute atomic E-state index is 13.1. The molecule has 1 atom stereocenters. The number of aliphatic hydroxyl groups is 1. The molecule has 3 aromatic carbocycles. The van der Waals surface area contributed by atoms with Crippen LogP contribution in [0.25, 0.3) is 5.76 Å². The van der Waals surface area contributed by atoms with Gasteiger partial charge in [0.1, 0.15) is 11.5 Å². The molecule has 1 N–H and O–H groups in total. The highest BCUT2D eigenvalue weighted by Crippen LogP contribution is 2.42. The summed E-state index contributed by atoms with van der Waals surface area (Å²) in [5.41, 5.74) is 2.89. The van der Waals surface area contributed by atoms with Crippen molar-refractivity contribution in [2.24, 2.45) is 0 Å². The number of carbonyl (C=O) groups is 2. The van der Waals surface area contributed by atoms with Gasteiger partial charge in [-0.15, -0.1) is 0 Å². The smallest absolute Gasteiger partial charge is 0.300 e. The van der Waals surface area contributed by atoms with Crippen LogP contribution in [0.5, 0.6) is 5.75 Å². The van der Waals surface area contributed by atoms with E-state index in [0.29, 0.717) is 22.6 Å². The van der Waals surface area contributed by atoms with Gasteiger partial charge >= 0.3 is 0 Å². The summed E-state index contributed by atoms with van der Waals surface area (Å²) in [5, 5.41) is 11.0. The van der Waals surface area contributed by atoms with Gasteiger partial charge in [0.25, 0.3) is 11.7 Å². The first-order valence-corrected chi connectivity index (χ1v) is 9.58. The minimum atomic E-state index is -0.751. The van der Waals surface area contributed by atoms with Crippen LogP contribution < -0.4 is 9.64 Å². The van der Waals surface area contributed by atoms with Gasteiger partial charge in [-0.3, -0.25) is 14.5 Å². The first-order chi connectivity index (χ1) is 14.5. The zero-order valence-electron chi connectivity index (χ0n) is 16.7. The van der Waals surface area contributed by atoms with E-state index in [9.17, 15) is 14.7 Å². The largest absolute Gasteiger partial charge is 0.507 e. The zero-order chi connectivity index (χ0) is 21.3. The maximum atomic E-state index is 13.1. The van der Waals surface area contributed by atoms with Crippen molar-refractivity contribution in [3.63, 3.8) is 0 Å². The Bertz CT molecular complexity index is 1120. The van der Waals surface area contributed by atoms with E-state index in [1.165, 1.54) is 4.90 Å². The fourth-order valence-corrected chi connectivity index (χ4v) is 3.66. The second-order valence-electron chi connectivity index (χ2n) is 7.14. The summed E-state index contributed by atoms with van der Waals surface area (Å²) in [4.78, 5) is 27.5. The van der Waals surface area contributed by atoms with Gasteiger partial charge in [-0.25, -0.2) is 0 Å². The lowest BCUT2D eigenvalue weighted by molar-refractivity contribution is -0.132. The Morgan fingerprint density at radius 3 is 2.13 bits per heavy atom. The van der Waals surface area contributed by atoms with E-state index in [1.807, 2.05) is 25.1 Å². The molecule has 150 valence electrons. The standard InChI is InChI=1S/C25H21NO4/c1-16-8-12-19(13-9-16)26-22(17-10-14-20(30-2)15-11-17)21(24(28)25(26)29)23(27)18-6-4-3-5-7-18/h3-15,22,27H,1-2H3/b23-21-. The number of nitrogens with zero attached hydrogens (tertiary/aromatic N) is 1. The lowest BCUT2D eigenvalue weighted by Crippen LogP contribution is -2.29. The van der Waals surface area contributed by atoms with E-state index in [2.05, 4.69) is 0 Å². The van der Waals surface area contributed by atoms with Gasteiger partial charge in [0.2, 0.25) is 0 Å². The summed E-state index contributed by atoms with van der Waals surface area (Å²) >= 11 is 0. The van der Waals surface area contributed by atoms with Crippen molar-refractivity contribution in [1.82, 2.24) is 0 Å². The van der Waals surface area contributed by atoms with Crippen LogP contribution in [0.2, 0.25) is 0 Å². The molecule has 5 heteroatoms. The summed E-state index contributed by atoms with van der Waals surface area (Å²) in [6, 6.07) is 22.6. The summed E-state index contributed by atoms with van der Waals surface area (Å²) < 4.78 is 5.23. The third-order valence-electron chi connectivity index (χ3n) is 5.24. The maximum Gasteiger partial charge on any atom is 0.300 e. The average molecular weight is 399 g/mol. The first-order valence-electron chi connectivity index (χ1n) is 9.58. The molecule has 1 unspecified atom stereocenters. The lowest BCUT2D eigenvalue weighted by atomic mass is 9.95. The fourth-order valence-electron chi connectivity index (χ4n) is 3.66. The second kappa shape index (κ2) is 7.87. The van der Waals surface area contributed by atoms with Crippen molar-refractivity contribution in [1.29, 1.82) is 0 Å². The van der Waals surface area contributed by atoms with Gasteiger partial charge in [-0.05, 0) is 36.8 Å². The zero-order valence-corrected chi connectivity index (χ0v) is 16.7. The molecule has 1 aliphatic heterocycles. The van der Waals surface area contributed by atoms with E-state index in [0.717, 1.165) is 5.56 Å². The van der Waals surface area contributed by atoms with Crippen LogP contribution in [0.4, 0.5) is 5.69 Å². The predicted octanol–water partition coefficient (Wildman–Crippen LogP) is 4.63. The topological polar surface area (TPSA) is 66.8 Å². The van der Waals surface area contributed by atoms with Crippen molar-refractivity contribution < 1.29 is 19.4 Å². The van der Waals surface area contributed by atoms with Crippen LogP contribution in [0.1, 0.15) is 22.7 Å². The highest BCUT2D eigenvalue weighted by molar-refractivity contribution is 6.51. The van der Waals surface area contributed by atoms with Crippen LogP contribution >= 0.6 is 0 Å². The molecular formula is C25H21NO4. The molecule has 1 saturated heterocycles. The molecule has 0 saturated carbocycles. The Morgan fingerprint density at radius 1 is 0.900 bits per heavy atom. The van der Waals surface area contributed by atoms with Crippen LogP contribution in [0.3, 0.4) is 0 Å². The minimum absolute atomic E-state index is 0.0666. The monoisotopic (exact) mass is 399 g/mol. The van der Waals surface area contributed by atoms with Gasteiger partial charge in [0.05, 0.1) is 18.7 Å². The molecule has 4 rings (SSSR count). The number of rotatable bonds is 4. The summed E-state index contributed by atoms with van der Waals surface area (Å²) in [6.07, 6.45) is 0. The third kappa shape index (κ3) is 3.35. The number of carbonyl (C=O) groups excluding carboxylic acids is 2. The number of ether oxygens (including phenoxy) is 1. The number of anilines is 1. The number of hydrogen-bond acceptors (Lipinski definition) is 4. The molecule has 0 spiro atoms. The Hall–Kier alpha value is -3.86. The predicted molar refractivity (Wildman–Crippen MR) is 115 cm³/mol. The number of benzene rings is 3. The molecule has 5 nitrogen and oxygen atoms in total. The second-order valence-corrected chi connectivity index (χ2v) is 7.14. The number of methoxy groups -OCH3 is 1. The quantitative estimate of drug-likeness (QED) is 0.395. The molecule has 1 amide bonds. The van der Waals surface area contributed by atoms with Crippen molar-refractivity contribution in [3.8, 4) is 5.75 Å². The molecule has 0 aromatic heterocycles. The lowest BCUT2D eigenvalue weighted by Gasteiger charge is -2.25. The summed E-state index contributed by atoms with van der Waals surface area (Å²) in [6.45, 7) is 1.95. The molecule has 1 fully saturated rings. The fraction of sp³-hybridized carbons (Fsp3) is 0.120. The van der Waals surface area contributed by atoms with E-state index < -0.39 is 17.7 Å². The van der Waals surface area contributed by atoms with Gasteiger partial charge in [0.15, 0.2) is 0 Å². The molecule has 30 heavy (non-hydrogen) atoms. The van der Waals surface area contributed by atoms with Crippen LogP contribution in [-0.4, -0.2) is 23.9 Å². The molecular weight excluding hydrogens is 378 g/mol. The van der Waals surface area contributed by atoms with E-state index >= 15 is 0 Å². The normalized spacial score (nSPS) is 17.9. The van der Waals surface area contributed by atoms with Crippen molar-refractivity contribution in [3.05, 3.63) is 101 Å². The number of ketones is 1. The average Bonchev–Trinajstić information content (AvgIpc) is 3.05. The third-order valence-corrected chi connectivity index (χ3v) is 5.24. The van der Waals surface area contributed by atoms with Gasteiger partial charge in [-0.1, -0.05) is 60.2 Å². The van der Waals surface area contributed by atoms with E-state index in [-0.39, 0.29) is 11.3 Å². The van der Waals surface area contributed by atoms with Crippen LogP contribution in [0.15, 0.2) is 84.4 Å². The van der Waals surface area contributed by atoms with E-state index in [1.54, 1.807) is 67.8 Å². The molecule has 0 aliphatic carbocycles. The minimum Gasteiger partial charge on any atom is -0.507 e. The highest BCUT2D eigenvalue weighted by Gasteiger charge is 2.46. The highest BCUT2D eigenvalue weighted by atomic mass is 16.5. The Balaban J connectivity index is 1.92. The van der Waals surface area contributed by atoms with Gasteiger partial charge < -0.3 is 9.84 Å². The number of Topliss-reactive ketones (excluding diaryl/α,β-unsaturated/α-hetero) is 1. The molecule has 3 aromatic rings. The SMILES string of the molecule is COc1ccc(C2/C(=C(/O)c3ccccc3)C(=O)C(=O)N2c2ccc(C)cc2)cc1. The number of aryl methyl sites for hydroxylation is 1. The molecule has 1 aliphatic rings. The van der Waals surface area contributed by atoms with Gasteiger partial charge in [0, 0.05) is 11.3 Å². The summed E-state index contributed by atoms with van der Waals surface area (Å²) in [5.74, 6) is -0.909. The Morgan fingerprint density at radius 2 is 1.53 bits per heavy atom. The van der Waals surface area contributed by atoms with E-state index in [4.69, 9.17) is 4.74 Å². The van der Waals surface area contributed by atoms with Crippen LogP contribution in [-0.2, 0) is 9.59 Å². The van der Waals surface area contributed by atoms with Crippen molar-refractivity contribution >= 4 is 23.1 Å². The summed E-state index contributed by atoms with van der Waals surface area (Å²) in [7, 11) is 1.57. The van der Waals surface area contributed by atoms with Crippen molar-refractivity contribution in [2.75, 3.05) is 12.0 Å². The van der Waals surface area contributed by atoms with Crippen molar-refractivity contribution in [2.45, 2.75) is 13.0 Å². The number of aliphatic hydroxyl groups excluding tert-OH is 1. The Labute approximate surface area is 174 Å². The molecule has 0 bridgehead atoms. The number of amides is 1. The Kier molecular flexibility index (Phi) is 5.11.